The van der Waals surface area contributed by atoms with Gasteiger partial charge < -0.3 is 10.1 Å². The van der Waals surface area contributed by atoms with E-state index in [-0.39, 0.29) is 18.6 Å². The molecule has 1 N–H and O–H groups in total. The molecule has 126 valence electrons. The van der Waals surface area contributed by atoms with Crippen LogP contribution in [0.2, 0.25) is 0 Å². The first kappa shape index (κ1) is 16.6. The fourth-order valence-corrected chi connectivity index (χ4v) is 3.25. The lowest BCUT2D eigenvalue weighted by Crippen LogP contribution is -2.31. The fourth-order valence-electron chi connectivity index (χ4n) is 3.25. The molecule has 0 saturated carbocycles. The van der Waals surface area contributed by atoms with Crippen molar-refractivity contribution in [1.82, 2.24) is 5.32 Å². The van der Waals surface area contributed by atoms with Gasteiger partial charge in [0.1, 0.15) is 5.75 Å². The first-order valence-electron chi connectivity index (χ1n) is 8.73. The first-order chi connectivity index (χ1) is 11.6. The summed E-state index contributed by atoms with van der Waals surface area (Å²) in [6, 6.07) is 14.3. The van der Waals surface area contributed by atoms with Crippen molar-refractivity contribution in [3.8, 4) is 5.75 Å². The van der Waals surface area contributed by atoms with Gasteiger partial charge in [-0.05, 0) is 67.9 Å². The first-order valence-corrected chi connectivity index (χ1v) is 8.73. The standard InChI is InChI=1S/C21H25NO2/c1-15-7-3-6-10-20(15)24-14-21(23)22-16(2)18-12-11-17-8-4-5-9-19(17)13-18/h3,6-7,10-13,16H,4-5,8-9,14H2,1-2H3,(H,22,23)/t16-/m0/s1. The number of ether oxygens (including phenoxy) is 1. The number of carbonyl (C=O) groups is 1. The summed E-state index contributed by atoms with van der Waals surface area (Å²) in [4.78, 5) is 12.2. The Morgan fingerprint density at radius 1 is 1.12 bits per heavy atom. The van der Waals surface area contributed by atoms with Gasteiger partial charge in [0.15, 0.2) is 6.61 Å². The van der Waals surface area contributed by atoms with E-state index in [4.69, 9.17) is 4.74 Å². The van der Waals surface area contributed by atoms with Gasteiger partial charge in [0, 0.05) is 0 Å². The molecule has 0 unspecified atom stereocenters. The molecule has 0 saturated heterocycles. The quantitative estimate of drug-likeness (QED) is 0.898. The van der Waals surface area contributed by atoms with Crippen molar-refractivity contribution in [2.45, 2.75) is 45.6 Å². The van der Waals surface area contributed by atoms with E-state index in [1.54, 1.807) is 0 Å². The van der Waals surface area contributed by atoms with Gasteiger partial charge in [0.25, 0.3) is 5.91 Å². The SMILES string of the molecule is Cc1ccccc1OCC(=O)N[C@@H](C)c1ccc2c(c1)CCCC2. The lowest BCUT2D eigenvalue weighted by atomic mass is 9.89. The van der Waals surface area contributed by atoms with Crippen LogP contribution >= 0.6 is 0 Å². The van der Waals surface area contributed by atoms with E-state index in [2.05, 4.69) is 23.5 Å². The Bertz CT molecular complexity index is 724. The Balaban J connectivity index is 1.57. The van der Waals surface area contributed by atoms with Crippen LogP contribution in [0.3, 0.4) is 0 Å². The molecule has 2 aromatic carbocycles. The number of aryl methyl sites for hydroxylation is 3. The summed E-state index contributed by atoms with van der Waals surface area (Å²) in [5.41, 5.74) is 5.11. The minimum atomic E-state index is -0.0940. The molecule has 0 fully saturated rings. The second kappa shape index (κ2) is 7.52. The molecule has 2 aromatic rings. The number of hydrogen-bond acceptors (Lipinski definition) is 2. The normalized spacial score (nSPS) is 14.6. The highest BCUT2D eigenvalue weighted by molar-refractivity contribution is 5.78. The van der Waals surface area contributed by atoms with Crippen LogP contribution in [-0.2, 0) is 17.6 Å². The zero-order valence-corrected chi connectivity index (χ0v) is 14.5. The lowest BCUT2D eigenvalue weighted by Gasteiger charge is -2.20. The maximum Gasteiger partial charge on any atom is 0.258 e. The van der Waals surface area contributed by atoms with Crippen molar-refractivity contribution in [3.05, 3.63) is 64.7 Å². The van der Waals surface area contributed by atoms with Crippen molar-refractivity contribution < 1.29 is 9.53 Å². The number of nitrogens with one attached hydrogen (secondary N) is 1. The highest BCUT2D eigenvalue weighted by atomic mass is 16.5. The molecule has 0 heterocycles. The van der Waals surface area contributed by atoms with Gasteiger partial charge in [0.05, 0.1) is 6.04 Å². The van der Waals surface area contributed by atoms with E-state index in [9.17, 15) is 4.79 Å². The van der Waals surface area contributed by atoms with Crippen LogP contribution in [0.4, 0.5) is 0 Å². The van der Waals surface area contributed by atoms with Gasteiger partial charge in [-0.3, -0.25) is 4.79 Å². The van der Waals surface area contributed by atoms with Gasteiger partial charge >= 0.3 is 0 Å². The Morgan fingerprint density at radius 2 is 1.88 bits per heavy atom. The summed E-state index contributed by atoms with van der Waals surface area (Å²) in [7, 11) is 0. The largest absolute Gasteiger partial charge is 0.484 e. The topological polar surface area (TPSA) is 38.3 Å². The Labute approximate surface area is 144 Å². The predicted molar refractivity (Wildman–Crippen MR) is 96.3 cm³/mol. The number of amides is 1. The third-order valence-corrected chi connectivity index (χ3v) is 4.70. The van der Waals surface area contributed by atoms with Gasteiger partial charge in [-0.2, -0.15) is 0 Å². The van der Waals surface area contributed by atoms with E-state index in [1.165, 1.54) is 36.0 Å². The van der Waals surface area contributed by atoms with Gasteiger partial charge in [-0.25, -0.2) is 0 Å². The maximum absolute atomic E-state index is 12.2. The van der Waals surface area contributed by atoms with Crippen molar-refractivity contribution >= 4 is 5.91 Å². The smallest absolute Gasteiger partial charge is 0.258 e. The number of carbonyl (C=O) groups excluding carboxylic acids is 1. The molecule has 0 bridgehead atoms. The van der Waals surface area contributed by atoms with Crippen LogP contribution in [0.25, 0.3) is 0 Å². The number of hydrogen-bond donors (Lipinski definition) is 1. The molecule has 0 aliphatic heterocycles. The zero-order chi connectivity index (χ0) is 16.9. The lowest BCUT2D eigenvalue weighted by molar-refractivity contribution is -0.123. The predicted octanol–water partition coefficient (Wildman–Crippen LogP) is 4.13. The number of rotatable bonds is 5. The van der Waals surface area contributed by atoms with Gasteiger partial charge in [0.2, 0.25) is 0 Å². The van der Waals surface area contributed by atoms with Crippen molar-refractivity contribution in [2.75, 3.05) is 6.61 Å². The highest BCUT2D eigenvalue weighted by Crippen LogP contribution is 2.24. The molecule has 1 atom stereocenters. The monoisotopic (exact) mass is 323 g/mol. The van der Waals surface area contributed by atoms with Crippen molar-refractivity contribution in [1.29, 1.82) is 0 Å². The molecule has 0 spiro atoms. The van der Waals surface area contributed by atoms with Gasteiger partial charge in [-0.1, -0.05) is 36.4 Å². The summed E-state index contributed by atoms with van der Waals surface area (Å²) in [5, 5.41) is 3.03. The third kappa shape index (κ3) is 3.97. The Morgan fingerprint density at radius 3 is 2.67 bits per heavy atom. The van der Waals surface area contributed by atoms with E-state index in [1.807, 2.05) is 38.1 Å². The van der Waals surface area contributed by atoms with Crippen LogP contribution in [-0.4, -0.2) is 12.5 Å². The highest BCUT2D eigenvalue weighted by Gasteiger charge is 2.14. The maximum atomic E-state index is 12.2. The minimum Gasteiger partial charge on any atom is -0.484 e. The van der Waals surface area contributed by atoms with Crippen LogP contribution < -0.4 is 10.1 Å². The molecule has 1 amide bonds. The van der Waals surface area contributed by atoms with Crippen LogP contribution in [0, 0.1) is 6.92 Å². The summed E-state index contributed by atoms with van der Waals surface area (Å²) in [6.45, 7) is 4.04. The van der Waals surface area contributed by atoms with Crippen LogP contribution in [0.1, 0.15) is 48.1 Å². The van der Waals surface area contributed by atoms with Gasteiger partial charge in [-0.15, -0.1) is 0 Å². The molecule has 3 rings (SSSR count). The third-order valence-electron chi connectivity index (χ3n) is 4.70. The van der Waals surface area contributed by atoms with Crippen LogP contribution in [0.15, 0.2) is 42.5 Å². The fraction of sp³-hybridized carbons (Fsp3) is 0.381. The Kier molecular flexibility index (Phi) is 5.19. The Hall–Kier alpha value is -2.29. The minimum absolute atomic E-state index is 0.00908. The molecule has 24 heavy (non-hydrogen) atoms. The average molecular weight is 323 g/mol. The average Bonchev–Trinajstić information content (AvgIpc) is 2.60. The summed E-state index contributed by atoms with van der Waals surface area (Å²) < 4.78 is 5.61. The van der Waals surface area contributed by atoms with E-state index < -0.39 is 0 Å². The summed E-state index contributed by atoms with van der Waals surface area (Å²) >= 11 is 0. The molecule has 3 heteroatoms. The second-order valence-corrected chi connectivity index (χ2v) is 6.58. The second-order valence-electron chi connectivity index (χ2n) is 6.58. The van der Waals surface area contributed by atoms with Crippen molar-refractivity contribution in [2.24, 2.45) is 0 Å². The molecular formula is C21H25NO2. The van der Waals surface area contributed by atoms with E-state index in [0.29, 0.717) is 0 Å². The molecule has 0 aromatic heterocycles. The molecule has 1 aliphatic carbocycles. The van der Waals surface area contributed by atoms with E-state index >= 15 is 0 Å². The number of para-hydroxylation sites is 1. The molecular weight excluding hydrogens is 298 g/mol. The van der Waals surface area contributed by atoms with E-state index in [0.717, 1.165) is 17.7 Å². The van der Waals surface area contributed by atoms with Crippen LogP contribution in [0.5, 0.6) is 5.75 Å². The number of benzene rings is 2. The molecule has 1 aliphatic rings. The molecule has 0 radical (unpaired) electrons. The summed E-state index contributed by atoms with van der Waals surface area (Å²) in [5.74, 6) is 0.664. The molecule has 3 nitrogen and oxygen atoms in total. The van der Waals surface area contributed by atoms with Crippen molar-refractivity contribution in [3.63, 3.8) is 0 Å². The number of fused-ring (bicyclic) bond motifs is 1. The summed E-state index contributed by atoms with van der Waals surface area (Å²) in [6.07, 6.45) is 4.89. The zero-order valence-electron chi connectivity index (χ0n) is 14.5.